The molecular formula is C8H12O2. The first-order chi connectivity index (χ1) is 4.93. The zero-order valence-electron chi connectivity index (χ0n) is 5.95. The van der Waals surface area contributed by atoms with Crippen molar-refractivity contribution in [1.82, 2.24) is 0 Å². The summed E-state index contributed by atoms with van der Waals surface area (Å²) in [6, 6.07) is 0. The predicted molar refractivity (Wildman–Crippen MR) is 35.8 cm³/mol. The van der Waals surface area contributed by atoms with E-state index in [1.807, 2.05) is 0 Å². The van der Waals surface area contributed by atoms with Crippen LogP contribution in [0.4, 0.5) is 0 Å². The summed E-state index contributed by atoms with van der Waals surface area (Å²) in [6.07, 6.45) is 6.81. The van der Waals surface area contributed by atoms with Gasteiger partial charge in [-0.25, -0.2) is 0 Å². The van der Waals surface area contributed by atoms with Gasteiger partial charge in [-0.3, -0.25) is 0 Å². The summed E-state index contributed by atoms with van der Waals surface area (Å²) in [6.45, 7) is 0. The predicted octanol–water partition coefficient (Wildman–Crippen LogP) is 1.10. The van der Waals surface area contributed by atoms with Gasteiger partial charge in [-0.1, -0.05) is 0 Å². The van der Waals surface area contributed by atoms with Crippen LogP contribution in [-0.4, -0.2) is 24.4 Å². The van der Waals surface area contributed by atoms with Crippen LogP contribution < -0.4 is 0 Å². The third kappa shape index (κ3) is 0.565. The van der Waals surface area contributed by atoms with Crippen molar-refractivity contribution in [2.45, 2.75) is 50.1 Å². The summed E-state index contributed by atoms with van der Waals surface area (Å²) >= 11 is 0. The lowest BCUT2D eigenvalue weighted by atomic mass is 10.0. The van der Waals surface area contributed by atoms with Gasteiger partial charge in [0.15, 0.2) is 0 Å². The SMILES string of the molecule is C1C[C@@H]2O[C@@H]1[C@@H]1CC[C@@H]2O1. The molecule has 0 amide bonds. The lowest BCUT2D eigenvalue weighted by Crippen LogP contribution is -2.36. The van der Waals surface area contributed by atoms with Crippen LogP contribution in [0.25, 0.3) is 0 Å². The summed E-state index contributed by atoms with van der Waals surface area (Å²) in [4.78, 5) is 0. The van der Waals surface area contributed by atoms with Gasteiger partial charge in [0.1, 0.15) is 0 Å². The van der Waals surface area contributed by atoms with Crippen molar-refractivity contribution in [1.29, 1.82) is 0 Å². The highest BCUT2D eigenvalue weighted by molar-refractivity contribution is 4.95. The molecule has 3 aliphatic heterocycles. The molecule has 2 nitrogen and oxygen atoms in total. The Balaban J connectivity index is 1.94. The molecule has 0 spiro atoms. The third-order valence-corrected chi connectivity index (χ3v) is 3.00. The third-order valence-electron chi connectivity index (χ3n) is 3.00. The fourth-order valence-electron chi connectivity index (χ4n) is 2.47. The number of rotatable bonds is 0. The van der Waals surface area contributed by atoms with Crippen LogP contribution in [0.1, 0.15) is 25.7 Å². The molecule has 0 radical (unpaired) electrons. The monoisotopic (exact) mass is 140 g/mol. The van der Waals surface area contributed by atoms with Crippen LogP contribution in [-0.2, 0) is 9.47 Å². The molecule has 0 N–H and O–H groups in total. The van der Waals surface area contributed by atoms with E-state index in [9.17, 15) is 0 Å². The number of hydrogen-bond donors (Lipinski definition) is 0. The molecule has 4 atom stereocenters. The molecule has 0 aromatic rings. The smallest absolute Gasteiger partial charge is 0.0842 e. The zero-order chi connectivity index (χ0) is 6.55. The van der Waals surface area contributed by atoms with Crippen LogP contribution in [0.3, 0.4) is 0 Å². The van der Waals surface area contributed by atoms with Crippen LogP contribution >= 0.6 is 0 Å². The highest BCUT2D eigenvalue weighted by atomic mass is 16.6. The minimum atomic E-state index is 0.462. The van der Waals surface area contributed by atoms with E-state index in [-0.39, 0.29) is 0 Å². The molecule has 3 aliphatic rings. The average molecular weight is 140 g/mol. The normalized spacial score (nSPS) is 57.6. The molecule has 3 rings (SSSR count). The molecule has 3 heterocycles. The molecule has 10 heavy (non-hydrogen) atoms. The maximum Gasteiger partial charge on any atom is 0.0842 e. The number of hydrogen-bond acceptors (Lipinski definition) is 2. The Labute approximate surface area is 60.5 Å². The zero-order valence-corrected chi connectivity index (χ0v) is 5.95. The highest BCUT2D eigenvalue weighted by Gasteiger charge is 2.47. The van der Waals surface area contributed by atoms with Crippen molar-refractivity contribution in [2.75, 3.05) is 0 Å². The quantitative estimate of drug-likeness (QED) is 0.501. The topological polar surface area (TPSA) is 18.5 Å². The van der Waals surface area contributed by atoms with Gasteiger partial charge in [0.05, 0.1) is 24.4 Å². The summed E-state index contributed by atoms with van der Waals surface area (Å²) in [5.74, 6) is 0. The van der Waals surface area contributed by atoms with Gasteiger partial charge in [0.25, 0.3) is 0 Å². The standard InChI is InChI=1S/C8H12O2/c1-2-6-8-4-3-7(10-8)5(1)9-6/h5-8H,1-4H2/t5-,6-,7-,8-/m0/s1. The molecule has 0 unspecified atom stereocenters. The van der Waals surface area contributed by atoms with Crippen LogP contribution in [0.5, 0.6) is 0 Å². The van der Waals surface area contributed by atoms with E-state index in [1.165, 1.54) is 25.7 Å². The molecule has 0 aliphatic carbocycles. The fraction of sp³-hybridized carbons (Fsp3) is 1.00. The number of ether oxygens (including phenoxy) is 2. The second kappa shape index (κ2) is 1.74. The van der Waals surface area contributed by atoms with E-state index >= 15 is 0 Å². The molecule has 3 fully saturated rings. The lowest BCUT2D eigenvalue weighted by molar-refractivity contribution is -0.154. The van der Waals surface area contributed by atoms with Crippen molar-refractivity contribution in [2.24, 2.45) is 0 Å². The fourth-order valence-corrected chi connectivity index (χ4v) is 2.47. The van der Waals surface area contributed by atoms with Crippen molar-refractivity contribution >= 4 is 0 Å². The first-order valence-corrected chi connectivity index (χ1v) is 4.24. The summed E-state index contributed by atoms with van der Waals surface area (Å²) in [5.41, 5.74) is 0. The minimum Gasteiger partial charge on any atom is -0.370 e. The van der Waals surface area contributed by atoms with Gasteiger partial charge in [-0.2, -0.15) is 0 Å². The molecular weight excluding hydrogens is 128 g/mol. The van der Waals surface area contributed by atoms with E-state index in [2.05, 4.69) is 0 Å². The van der Waals surface area contributed by atoms with Gasteiger partial charge < -0.3 is 9.47 Å². The molecule has 56 valence electrons. The van der Waals surface area contributed by atoms with E-state index in [0.29, 0.717) is 24.4 Å². The van der Waals surface area contributed by atoms with Crippen molar-refractivity contribution < 1.29 is 9.47 Å². The van der Waals surface area contributed by atoms with E-state index in [1.54, 1.807) is 0 Å². The molecule has 4 bridgehead atoms. The van der Waals surface area contributed by atoms with Crippen LogP contribution in [0.2, 0.25) is 0 Å². The van der Waals surface area contributed by atoms with E-state index < -0.39 is 0 Å². The number of fused-ring (bicyclic) bond motifs is 6. The maximum atomic E-state index is 5.76. The summed E-state index contributed by atoms with van der Waals surface area (Å²) in [7, 11) is 0. The van der Waals surface area contributed by atoms with Crippen molar-refractivity contribution in [3.8, 4) is 0 Å². The lowest BCUT2D eigenvalue weighted by Gasteiger charge is -2.27. The minimum absolute atomic E-state index is 0.462. The van der Waals surface area contributed by atoms with Crippen LogP contribution in [0, 0.1) is 0 Å². The molecule has 3 saturated heterocycles. The second-order valence-corrected chi connectivity index (χ2v) is 3.58. The Morgan fingerprint density at radius 3 is 1.20 bits per heavy atom. The van der Waals surface area contributed by atoms with Crippen LogP contribution in [0.15, 0.2) is 0 Å². The highest BCUT2D eigenvalue weighted by Crippen LogP contribution is 2.41. The van der Waals surface area contributed by atoms with E-state index in [0.717, 1.165) is 0 Å². The van der Waals surface area contributed by atoms with Gasteiger partial charge in [-0.05, 0) is 25.7 Å². The first-order valence-electron chi connectivity index (χ1n) is 4.24. The molecule has 0 aromatic heterocycles. The van der Waals surface area contributed by atoms with Gasteiger partial charge in [0, 0.05) is 0 Å². The Hall–Kier alpha value is -0.0800. The van der Waals surface area contributed by atoms with Gasteiger partial charge >= 0.3 is 0 Å². The van der Waals surface area contributed by atoms with Gasteiger partial charge in [0.2, 0.25) is 0 Å². The van der Waals surface area contributed by atoms with Crippen molar-refractivity contribution in [3.05, 3.63) is 0 Å². The Bertz CT molecular complexity index is 123. The van der Waals surface area contributed by atoms with E-state index in [4.69, 9.17) is 9.47 Å². The Morgan fingerprint density at radius 1 is 0.600 bits per heavy atom. The first kappa shape index (κ1) is 5.56. The largest absolute Gasteiger partial charge is 0.370 e. The second-order valence-electron chi connectivity index (χ2n) is 3.58. The average Bonchev–Trinajstić information content (AvgIpc) is 2.41. The maximum absolute atomic E-state index is 5.76. The molecule has 2 heteroatoms. The Kier molecular flexibility index (Phi) is 0.968. The summed E-state index contributed by atoms with van der Waals surface area (Å²) in [5, 5.41) is 0. The van der Waals surface area contributed by atoms with Gasteiger partial charge in [-0.15, -0.1) is 0 Å². The molecule has 0 saturated carbocycles. The van der Waals surface area contributed by atoms with Crippen molar-refractivity contribution in [3.63, 3.8) is 0 Å². The Morgan fingerprint density at radius 2 is 0.900 bits per heavy atom. The molecule has 0 aromatic carbocycles. The summed E-state index contributed by atoms with van der Waals surface area (Å²) < 4.78 is 11.5.